The quantitative estimate of drug-likeness (QED) is 0.207. The molecule has 0 aliphatic rings. The number of hydrogen-bond acceptors (Lipinski definition) is 7. The predicted octanol–water partition coefficient (Wildman–Crippen LogP) is 7.59. The molecule has 3 aromatic heterocycles. The average Bonchev–Trinajstić information content (AvgIpc) is 3.54. The molecular weight excluding hydrogens is 549 g/mol. The Hall–Kier alpha value is -3.90. The number of anilines is 1. The van der Waals surface area contributed by atoms with E-state index in [0.29, 0.717) is 31.6 Å². The summed E-state index contributed by atoms with van der Waals surface area (Å²) in [5.41, 5.74) is 1.43. The number of carbonyl (C=O) groups excluding carboxylic acids is 1. The Bertz CT molecular complexity index is 1680. The number of nitrogens with zero attached hydrogens (tertiary/aromatic N) is 3. The minimum Gasteiger partial charge on any atom is -0.489 e. The van der Waals surface area contributed by atoms with Crippen molar-refractivity contribution >= 4 is 61.0 Å². The molecule has 2 aromatic carbocycles. The molecule has 0 aliphatic heterocycles. The van der Waals surface area contributed by atoms with Crippen molar-refractivity contribution in [3.63, 3.8) is 0 Å². The zero-order valence-electron chi connectivity index (χ0n) is 21.1. The first-order valence-corrected chi connectivity index (χ1v) is 13.5. The molecule has 12 heteroatoms. The van der Waals surface area contributed by atoms with Gasteiger partial charge in [-0.3, -0.25) is 14.5 Å². The molecule has 7 nitrogen and oxygen atoms in total. The smallest absolute Gasteiger partial charge is 0.387 e. The second kappa shape index (κ2) is 10.7. The van der Waals surface area contributed by atoms with E-state index in [9.17, 15) is 18.0 Å². The normalized spacial score (nSPS) is 12.2. The highest BCUT2D eigenvalue weighted by Crippen LogP contribution is 2.35. The van der Waals surface area contributed by atoms with Gasteiger partial charge < -0.3 is 9.47 Å². The number of ether oxygens (including phenoxy) is 2. The van der Waals surface area contributed by atoms with E-state index in [0.717, 1.165) is 11.3 Å². The maximum absolute atomic E-state index is 13.6. The topological polar surface area (TPSA) is 77.8 Å². The summed E-state index contributed by atoms with van der Waals surface area (Å²) in [5, 5.41) is 4.90. The fourth-order valence-electron chi connectivity index (χ4n) is 3.72. The molecule has 0 radical (unpaired) electrons. The van der Waals surface area contributed by atoms with E-state index in [2.05, 4.69) is 15.3 Å². The summed E-state index contributed by atoms with van der Waals surface area (Å²) >= 11 is 2.51. The largest absolute Gasteiger partial charge is 0.489 e. The van der Waals surface area contributed by atoms with Gasteiger partial charge in [0.2, 0.25) is 0 Å². The lowest BCUT2D eigenvalue weighted by Gasteiger charge is -2.21. The van der Waals surface area contributed by atoms with Crippen molar-refractivity contribution in [3.05, 3.63) is 70.7 Å². The Labute approximate surface area is 229 Å². The number of fused-ring (bicyclic) bond motifs is 2. The zero-order chi connectivity index (χ0) is 27.7. The number of thiazole rings is 2. The van der Waals surface area contributed by atoms with Crippen LogP contribution in [0.1, 0.15) is 42.5 Å². The number of carbonyl (C=O) groups is 1. The highest BCUT2D eigenvalue weighted by Gasteiger charge is 2.21. The van der Waals surface area contributed by atoms with Crippen LogP contribution in [-0.2, 0) is 0 Å². The highest BCUT2D eigenvalue weighted by atomic mass is 32.1. The Kier molecular flexibility index (Phi) is 7.32. The van der Waals surface area contributed by atoms with Crippen LogP contribution < -0.4 is 14.8 Å². The van der Waals surface area contributed by atoms with Crippen LogP contribution in [0.4, 0.5) is 18.3 Å². The summed E-state index contributed by atoms with van der Waals surface area (Å²) < 4.78 is 52.6. The van der Waals surface area contributed by atoms with Crippen LogP contribution in [0.5, 0.6) is 11.5 Å². The number of alkyl halides is 2. The van der Waals surface area contributed by atoms with Crippen LogP contribution >= 0.6 is 22.7 Å². The van der Waals surface area contributed by atoms with Crippen molar-refractivity contribution in [1.82, 2.24) is 14.4 Å². The molecule has 5 aromatic rings. The van der Waals surface area contributed by atoms with Gasteiger partial charge in [0, 0.05) is 17.1 Å². The number of amides is 1. The molecule has 39 heavy (non-hydrogen) atoms. The minimum absolute atomic E-state index is 0.0903. The van der Waals surface area contributed by atoms with E-state index in [1.807, 2.05) is 20.8 Å². The van der Waals surface area contributed by atoms with E-state index in [-0.39, 0.29) is 35.0 Å². The van der Waals surface area contributed by atoms with Crippen molar-refractivity contribution in [1.29, 1.82) is 0 Å². The number of imidazole rings is 1. The molecule has 1 amide bonds. The molecule has 5 rings (SSSR count). The van der Waals surface area contributed by atoms with Crippen molar-refractivity contribution in [2.45, 2.75) is 27.4 Å². The molecule has 0 saturated carbocycles. The standard InChI is InChI=1S/C27H23F3N4O3S2/c1-27(2,3)14-36-22-15(5-4-6-19(22)37-24(29)30)7-9-18-21(34-11-12-38-26(34)32-18)23(35)33-25-31-17-10-8-16(28)13-20(17)39-25/h4-13,24H,14H2,1-3H3,(H,31,33,35). The number of nitrogens with one attached hydrogen (secondary N) is 1. The van der Waals surface area contributed by atoms with Crippen LogP contribution in [0.15, 0.2) is 48.0 Å². The summed E-state index contributed by atoms with van der Waals surface area (Å²) in [7, 11) is 0. The third-order valence-corrected chi connectivity index (χ3v) is 7.06. The van der Waals surface area contributed by atoms with Gasteiger partial charge in [0.05, 0.1) is 22.5 Å². The fourth-order valence-corrected chi connectivity index (χ4v) is 5.32. The van der Waals surface area contributed by atoms with Crippen LogP contribution in [0.3, 0.4) is 0 Å². The lowest BCUT2D eigenvalue weighted by Crippen LogP contribution is -2.18. The SMILES string of the molecule is CC(C)(C)COc1c(C=Cc2nc3sccn3c2C(=O)Nc2nc3ccc(F)cc3s2)cccc1OC(F)F. The Balaban J connectivity index is 1.48. The third kappa shape index (κ3) is 6.07. The molecule has 0 bridgehead atoms. The van der Waals surface area contributed by atoms with Gasteiger partial charge >= 0.3 is 6.61 Å². The molecule has 0 aliphatic carbocycles. The first-order chi connectivity index (χ1) is 18.6. The lowest BCUT2D eigenvalue weighted by atomic mass is 9.98. The lowest BCUT2D eigenvalue weighted by molar-refractivity contribution is -0.0517. The molecule has 0 spiro atoms. The number of para-hydroxylation sites is 1. The number of halogens is 3. The van der Waals surface area contributed by atoms with E-state index in [1.165, 1.54) is 29.5 Å². The van der Waals surface area contributed by atoms with Crippen LogP contribution in [0.25, 0.3) is 27.3 Å². The van der Waals surface area contributed by atoms with Crippen molar-refractivity contribution in [2.75, 3.05) is 11.9 Å². The van der Waals surface area contributed by atoms with Gasteiger partial charge in [0.25, 0.3) is 5.91 Å². The molecule has 1 N–H and O–H groups in total. The van der Waals surface area contributed by atoms with E-state index >= 15 is 0 Å². The third-order valence-electron chi connectivity index (χ3n) is 5.37. The highest BCUT2D eigenvalue weighted by molar-refractivity contribution is 7.22. The number of rotatable bonds is 8. The van der Waals surface area contributed by atoms with Gasteiger partial charge in [-0.2, -0.15) is 8.78 Å². The Morgan fingerprint density at radius 2 is 2.00 bits per heavy atom. The number of hydrogen-bond donors (Lipinski definition) is 1. The van der Waals surface area contributed by atoms with Crippen molar-refractivity contribution in [3.8, 4) is 11.5 Å². The Morgan fingerprint density at radius 1 is 1.18 bits per heavy atom. The maximum Gasteiger partial charge on any atom is 0.387 e. The van der Waals surface area contributed by atoms with Crippen LogP contribution in [0, 0.1) is 11.2 Å². The molecule has 0 fully saturated rings. The van der Waals surface area contributed by atoms with E-state index in [4.69, 9.17) is 9.47 Å². The van der Waals surface area contributed by atoms with Crippen molar-refractivity contribution in [2.24, 2.45) is 5.41 Å². The first-order valence-electron chi connectivity index (χ1n) is 11.8. The van der Waals surface area contributed by atoms with Gasteiger partial charge in [-0.25, -0.2) is 14.4 Å². The van der Waals surface area contributed by atoms with E-state index < -0.39 is 12.5 Å². The zero-order valence-corrected chi connectivity index (χ0v) is 22.7. The summed E-state index contributed by atoms with van der Waals surface area (Å²) in [6.45, 7) is 3.13. The minimum atomic E-state index is -3.02. The number of aromatic nitrogens is 3. The van der Waals surface area contributed by atoms with Gasteiger partial charge in [-0.1, -0.05) is 44.2 Å². The van der Waals surface area contributed by atoms with Gasteiger partial charge in [-0.15, -0.1) is 11.3 Å². The number of benzene rings is 2. The molecule has 3 heterocycles. The van der Waals surface area contributed by atoms with Crippen LogP contribution in [0.2, 0.25) is 0 Å². The molecule has 0 saturated heterocycles. The molecular formula is C27H23F3N4O3S2. The van der Waals surface area contributed by atoms with Crippen LogP contribution in [-0.4, -0.2) is 33.5 Å². The van der Waals surface area contributed by atoms with E-state index in [1.54, 1.807) is 46.3 Å². The first kappa shape index (κ1) is 26.7. The molecule has 0 unspecified atom stereocenters. The maximum atomic E-state index is 13.6. The molecule has 202 valence electrons. The van der Waals surface area contributed by atoms with Gasteiger partial charge in [0.1, 0.15) is 11.5 Å². The fraction of sp³-hybridized carbons (Fsp3) is 0.222. The Morgan fingerprint density at radius 3 is 2.77 bits per heavy atom. The van der Waals surface area contributed by atoms with Gasteiger partial charge in [0.15, 0.2) is 21.6 Å². The molecule has 0 atom stereocenters. The monoisotopic (exact) mass is 572 g/mol. The summed E-state index contributed by atoms with van der Waals surface area (Å²) in [6.07, 6.45) is 4.98. The van der Waals surface area contributed by atoms with Gasteiger partial charge in [-0.05, 0) is 41.8 Å². The second-order valence-electron chi connectivity index (χ2n) is 9.72. The van der Waals surface area contributed by atoms with Crippen molar-refractivity contribution < 1.29 is 27.4 Å². The summed E-state index contributed by atoms with van der Waals surface area (Å²) in [4.78, 5) is 22.9. The average molecular weight is 573 g/mol. The predicted molar refractivity (Wildman–Crippen MR) is 148 cm³/mol. The summed E-state index contributed by atoms with van der Waals surface area (Å²) in [5.74, 6) is -0.773. The summed E-state index contributed by atoms with van der Waals surface area (Å²) in [6, 6.07) is 8.91. The second-order valence-corrected chi connectivity index (χ2v) is 11.6.